The molecule has 0 saturated heterocycles. The van der Waals surface area contributed by atoms with Crippen molar-refractivity contribution in [1.29, 1.82) is 0 Å². The highest BCUT2D eigenvalue weighted by Gasteiger charge is 2.35. The van der Waals surface area contributed by atoms with E-state index in [-0.39, 0.29) is 13.2 Å². The average molecular weight is 328 g/mol. The van der Waals surface area contributed by atoms with E-state index < -0.39 is 23.9 Å². The number of hydrogen-bond acceptors (Lipinski definition) is 5. The van der Waals surface area contributed by atoms with E-state index in [1.165, 1.54) is 0 Å². The zero-order chi connectivity index (χ0) is 16.4. The lowest BCUT2D eigenvalue weighted by atomic mass is 10.1. The molecule has 23 heavy (non-hydrogen) atoms. The number of halogens is 3. The average Bonchev–Trinajstić information content (AvgIpc) is 3.12. The van der Waals surface area contributed by atoms with Gasteiger partial charge in [-0.3, -0.25) is 15.2 Å². The molecule has 1 aromatic carbocycles. The van der Waals surface area contributed by atoms with Crippen molar-refractivity contribution in [3.05, 3.63) is 29.6 Å². The van der Waals surface area contributed by atoms with Crippen LogP contribution in [0.4, 0.5) is 19.1 Å². The summed E-state index contributed by atoms with van der Waals surface area (Å²) >= 11 is 0. The van der Waals surface area contributed by atoms with Crippen molar-refractivity contribution in [3.63, 3.8) is 0 Å². The highest BCUT2D eigenvalue weighted by atomic mass is 19.4. The SMILES string of the molecule is O=C(CCc1ccc2c(c1)OCO2)Nc1n[nH]c(C(F)(F)F)n1. The molecule has 1 aliphatic heterocycles. The van der Waals surface area contributed by atoms with Gasteiger partial charge in [-0.2, -0.15) is 18.2 Å². The number of alkyl halides is 3. The number of H-pyrrole nitrogens is 1. The monoisotopic (exact) mass is 328 g/mol. The summed E-state index contributed by atoms with van der Waals surface area (Å²) in [4.78, 5) is 14.9. The van der Waals surface area contributed by atoms with Crippen LogP contribution in [0.15, 0.2) is 18.2 Å². The lowest BCUT2D eigenvalue weighted by molar-refractivity contribution is -0.144. The summed E-state index contributed by atoms with van der Waals surface area (Å²) in [5.41, 5.74) is 0.843. The van der Waals surface area contributed by atoms with Gasteiger partial charge in [0.1, 0.15) is 0 Å². The maximum absolute atomic E-state index is 12.3. The zero-order valence-electron chi connectivity index (χ0n) is 11.6. The summed E-state index contributed by atoms with van der Waals surface area (Å²) in [6.45, 7) is 0.158. The Morgan fingerprint density at radius 2 is 2.09 bits per heavy atom. The molecule has 2 aromatic rings. The molecular weight excluding hydrogens is 317 g/mol. The summed E-state index contributed by atoms with van der Waals surface area (Å²) in [5, 5.41) is 7.23. The molecule has 3 rings (SSSR count). The highest BCUT2D eigenvalue weighted by Crippen LogP contribution is 2.32. The van der Waals surface area contributed by atoms with Gasteiger partial charge in [0, 0.05) is 6.42 Å². The second kappa shape index (κ2) is 5.78. The number of hydrogen-bond donors (Lipinski definition) is 2. The first-order valence-electron chi connectivity index (χ1n) is 6.60. The van der Waals surface area contributed by atoms with Crippen molar-refractivity contribution >= 4 is 11.9 Å². The predicted octanol–water partition coefficient (Wildman–Crippen LogP) is 2.12. The van der Waals surface area contributed by atoms with E-state index in [4.69, 9.17) is 9.47 Å². The first-order valence-corrected chi connectivity index (χ1v) is 6.60. The van der Waals surface area contributed by atoms with E-state index in [2.05, 4.69) is 15.4 Å². The number of benzene rings is 1. The van der Waals surface area contributed by atoms with E-state index in [1.807, 2.05) is 0 Å². The van der Waals surface area contributed by atoms with Crippen LogP contribution in [0.3, 0.4) is 0 Å². The summed E-state index contributed by atoms with van der Waals surface area (Å²) < 4.78 is 47.4. The fourth-order valence-electron chi connectivity index (χ4n) is 1.99. The third-order valence-corrected chi connectivity index (χ3v) is 3.08. The molecule has 0 unspecified atom stereocenters. The minimum Gasteiger partial charge on any atom is -0.454 e. The van der Waals surface area contributed by atoms with Crippen LogP contribution in [0.25, 0.3) is 0 Å². The number of amides is 1. The van der Waals surface area contributed by atoms with Gasteiger partial charge in [0.15, 0.2) is 11.5 Å². The largest absolute Gasteiger partial charge is 0.454 e. The number of fused-ring (bicyclic) bond motifs is 1. The summed E-state index contributed by atoms with van der Waals surface area (Å²) in [6, 6.07) is 5.28. The Labute approximate surface area is 127 Å². The highest BCUT2D eigenvalue weighted by molar-refractivity contribution is 5.89. The molecule has 0 spiro atoms. The van der Waals surface area contributed by atoms with Crippen LogP contribution in [0.1, 0.15) is 17.8 Å². The van der Waals surface area contributed by atoms with E-state index in [0.29, 0.717) is 17.9 Å². The molecule has 1 aliphatic rings. The van der Waals surface area contributed by atoms with Crippen molar-refractivity contribution in [2.45, 2.75) is 19.0 Å². The normalized spacial score (nSPS) is 13.2. The van der Waals surface area contributed by atoms with Crippen molar-refractivity contribution in [2.24, 2.45) is 0 Å². The Hall–Kier alpha value is -2.78. The second-order valence-electron chi connectivity index (χ2n) is 4.74. The summed E-state index contributed by atoms with van der Waals surface area (Å²) in [5.74, 6) is -0.919. The molecule has 0 bridgehead atoms. The second-order valence-corrected chi connectivity index (χ2v) is 4.74. The molecular formula is C13H11F3N4O3. The molecule has 7 nitrogen and oxygen atoms in total. The van der Waals surface area contributed by atoms with Crippen molar-refractivity contribution < 1.29 is 27.4 Å². The number of carbonyl (C=O) groups excluding carboxylic acids is 1. The Morgan fingerprint density at radius 1 is 1.30 bits per heavy atom. The number of nitrogens with one attached hydrogen (secondary N) is 2. The predicted molar refractivity (Wildman–Crippen MR) is 70.9 cm³/mol. The quantitative estimate of drug-likeness (QED) is 0.897. The molecule has 2 heterocycles. The van der Waals surface area contributed by atoms with Gasteiger partial charge in [-0.25, -0.2) is 0 Å². The fraction of sp³-hybridized carbons (Fsp3) is 0.308. The molecule has 122 valence electrons. The number of rotatable bonds is 4. The number of ether oxygens (including phenoxy) is 2. The molecule has 2 N–H and O–H groups in total. The van der Waals surface area contributed by atoms with Gasteiger partial charge >= 0.3 is 6.18 Å². The van der Waals surface area contributed by atoms with Crippen molar-refractivity contribution in [1.82, 2.24) is 15.2 Å². The van der Waals surface area contributed by atoms with Gasteiger partial charge in [-0.05, 0) is 24.1 Å². The molecule has 0 saturated carbocycles. The van der Waals surface area contributed by atoms with Crippen LogP contribution in [0.5, 0.6) is 11.5 Å². The van der Waals surface area contributed by atoms with Gasteiger partial charge in [0.2, 0.25) is 24.5 Å². The molecule has 0 aliphatic carbocycles. The smallest absolute Gasteiger partial charge is 0.451 e. The molecule has 0 fully saturated rings. The Morgan fingerprint density at radius 3 is 2.83 bits per heavy atom. The molecule has 1 amide bonds. The van der Waals surface area contributed by atoms with Crippen LogP contribution in [0, 0.1) is 0 Å². The maximum Gasteiger partial charge on any atom is 0.451 e. The van der Waals surface area contributed by atoms with Crippen molar-refractivity contribution in [2.75, 3.05) is 12.1 Å². The van der Waals surface area contributed by atoms with E-state index in [1.54, 1.807) is 23.3 Å². The third-order valence-electron chi connectivity index (χ3n) is 3.08. The minimum atomic E-state index is -4.64. The number of nitrogens with zero attached hydrogens (tertiary/aromatic N) is 2. The van der Waals surface area contributed by atoms with Gasteiger partial charge in [-0.1, -0.05) is 6.07 Å². The Balaban J connectivity index is 1.54. The van der Waals surface area contributed by atoms with Crippen LogP contribution >= 0.6 is 0 Å². The summed E-state index contributed by atoms with van der Waals surface area (Å²) in [6.07, 6.45) is -4.18. The van der Waals surface area contributed by atoms with Crippen LogP contribution < -0.4 is 14.8 Å². The topological polar surface area (TPSA) is 89.1 Å². The van der Waals surface area contributed by atoms with Crippen LogP contribution in [-0.4, -0.2) is 27.9 Å². The first-order chi connectivity index (χ1) is 10.9. The van der Waals surface area contributed by atoms with Gasteiger partial charge in [0.25, 0.3) is 0 Å². The molecule has 0 radical (unpaired) electrons. The van der Waals surface area contributed by atoms with Crippen LogP contribution in [-0.2, 0) is 17.4 Å². The Bertz CT molecular complexity index is 729. The van der Waals surface area contributed by atoms with Gasteiger partial charge in [0.05, 0.1) is 0 Å². The van der Waals surface area contributed by atoms with E-state index >= 15 is 0 Å². The molecule has 1 aromatic heterocycles. The van der Waals surface area contributed by atoms with E-state index in [0.717, 1.165) is 5.56 Å². The molecule has 10 heteroatoms. The van der Waals surface area contributed by atoms with Crippen molar-refractivity contribution in [3.8, 4) is 11.5 Å². The number of carbonyl (C=O) groups is 1. The number of anilines is 1. The van der Waals surface area contributed by atoms with Crippen LogP contribution in [0.2, 0.25) is 0 Å². The van der Waals surface area contributed by atoms with E-state index in [9.17, 15) is 18.0 Å². The zero-order valence-corrected chi connectivity index (χ0v) is 11.6. The lowest BCUT2D eigenvalue weighted by Gasteiger charge is -2.03. The Kier molecular flexibility index (Phi) is 3.80. The third kappa shape index (κ3) is 3.52. The summed E-state index contributed by atoms with van der Waals surface area (Å²) in [7, 11) is 0. The minimum absolute atomic E-state index is 0.0650. The lowest BCUT2D eigenvalue weighted by Crippen LogP contribution is -2.14. The van der Waals surface area contributed by atoms with Gasteiger partial charge in [-0.15, -0.1) is 5.10 Å². The maximum atomic E-state index is 12.3. The van der Waals surface area contributed by atoms with Gasteiger partial charge < -0.3 is 9.47 Å². The standard InChI is InChI=1S/C13H11F3N4O3/c14-13(15,16)11-18-12(20-19-11)17-10(21)4-2-7-1-3-8-9(5-7)23-6-22-8/h1,3,5H,2,4,6H2,(H2,17,18,19,20,21). The number of aryl methyl sites for hydroxylation is 1. The fourth-order valence-corrected chi connectivity index (χ4v) is 1.99. The number of aromatic amines is 1. The first kappa shape index (κ1) is 15.1. The molecule has 0 atom stereocenters. The number of aromatic nitrogens is 3.